The third kappa shape index (κ3) is 5.74. The van der Waals surface area contributed by atoms with Gasteiger partial charge in [-0.25, -0.2) is 9.18 Å². The molecule has 1 saturated carbocycles. The van der Waals surface area contributed by atoms with Crippen LogP contribution < -0.4 is 10.6 Å². The number of nitrogens with zero attached hydrogens (tertiary/aromatic N) is 2. The van der Waals surface area contributed by atoms with Crippen LogP contribution in [0.25, 0.3) is 0 Å². The monoisotopic (exact) mass is 432 g/mol. The SMILES string of the molecule is O=C(NCC1CCCO1)C(C1CCCC1)N1CCN(C(=O)Nc2cccc(F)c2)CC1. The zero-order valence-corrected chi connectivity index (χ0v) is 18.0. The summed E-state index contributed by atoms with van der Waals surface area (Å²) in [6.07, 6.45) is 6.72. The third-order valence-electron chi connectivity index (χ3n) is 6.71. The van der Waals surface area contributed by atoms with E-state index in [4.69, 9.17) is 4.74 Å². The topological polar surface area (TPSA) is 73.9 Å². The maximum Gasteiger partial charge on any atom is 0.321 e. The molecule has 3 amide bonds. The number of hydrogen-bond acceptors (Lipinski definition) is 4. The summed E-state index contributed by atoms with van der Waals surface area (Å²) in [4.78, 5) is 29.7. The smallest absolute Gasteiger partial charge is 0.321 e. The van der Waals surface area contributed by atoms with E-state index in [1.165, 1.54) is 25.0 Å². The molecule has 1 aliphatic carbocycles. The van der Waals surface area contributed by atoms with Gasteiger partial charge in [-0.2, -0.15) is 0 Å². The number of urea groups is 1. The number of hydrogen-bond donors (Lipinski definition) is 2. The molecule has 31 heavy (non-hydrogen) atoms. The lowest BCUT2D eigenvalue weighted by Gasteiger charge is -2.40. The Kier molecular flexibility index (Phi) is 7.40. The highest BCUT2D eigenvalue weighted by Crippen LogP contribution is 2.31. The normalized spacial score (nSPS) is 23.6. The van der Waals surface area contributed by atoms with Gasteiger partial charge in [-0.1, -0.05) is 18.9 Å². The van der Waals surface area contributed by atoms with Crippen LogP contribution in [-0.4, -0.2) is 73.2 Å². The second-order valence-corrected chi connectivity index (χ2v) is 8.83. The highest BCUT2D eigenvalue weighted by atomic mass is 19.1. The molecule has 1 aromatic carbocycles. The zero-order valence-electron chi connectivity index (χ0n) is 18.0. The minimum atomic E-state index is -0.379. The van der Waals surface area contributed by atoms with Crippen molar-refractivity contribution in [1.29, 1.82) is 0 Å². The average Bonchev–Trinajstić information content (AvgIpc) is 3.47. The molecule has 0 spiro atoms. The fraction of sp³-hybridized carbons (Fsp3) is 0.652. The molecule has 0 aromatic heterocycles. The predicted molar refractivity (Wildman–Crippen MR) is 116 cm³/mol. The number of carbonyl (C=O) groups excluding carboxylic acids is 2. The molecule has 2 aliphatic heterocycles. The molecular weight excluding hydrogens is 399 g/mol. The van der Waals surface area contributed by atoms with E-state index in [0.29, 0.717) is 44.3 Å². The summed E-state index contributed by atoms with van der Waals surface area (Å²) in [5.74, 6) is 0.0910. The van der Waals surface area contributed by atoms with Gasteiger partial charge in [0.1, 0.15) is 5.82 Å². The summed E-state index contributed by atoms with van der Waals surface area (Å²) < 4.78 is 19.0. The summed E-state index contributed by atoms with van der Waals surface area (Å²) >= 11 is 0. The number of benzene rings is 1. The first-order valence-corrected chi connectivity index (χ1v) is 11.5. The maximum atomic E-state index is 13.4. The lowest BCUT2D eigenvalue weighted by atomic mass is 9.95. The van der Waals surface area contributed by atoms with Crippen LogP contribution >= 0.6 is 0 Å². The number of ether oxygens (including phenoxy) is 1. The van der Waals surface area contributed by atoms with Gasteiger partial charge >= 0.3 is 6.03 Å². The number of nitrogens with one attached hydrogen (secondary N) is 2. The molecule has 0 radical (unpaired) electrons. The van der Waals surface area contributed by atoms with Crippen LogP contribution in [-0.2, 0) is 9.53 Å². The Bertz CT molecular complexity index is 757. The number of rotatable bonds is 6. The third-order valence-corrected chi connectivity index (χ3v) is 6.71. The molecule has 4 rings (SSSR count). The Morgan fingerprint density at radius 3 is 2.55 bits per heavy atom. The molecule has 3 aliphatic rings. The van der Waals surface area contributed by atoms with Crippen LogP contribution in [0.1, 0.15) is 38.5 Å². The van der Waals surface area contributed by atoms with E-state index in [1.54, 1.807) is 17.0 Å². The first-order valence-electron chi connectivity index (χ1n) is 11.5. The van der Waals surface area contributed by atoms with Crippen molar-refractivity contribution in [2.75, 3.05) is 44.6 Å². The molecule has 2 saturated heterocycles. The lowest BCUT2D eigenvalue weighted by molar-refractivity contribution is -0.129. The Morgan fingerprint density at radius 2 is 1.87 bits per heavy atom. The van der Waals surface area contributed by atoms with Crippen molar-refractivity contribution >= 4 is 17.6 Å². The van der Waals surface area contributed by atoms with Crippen LogP contribution in [0, 0.1) is 11.7 Å². The Hall–Kier alpha value is -2.19. The highest BCUT2D eigenvalue weighted by molar-refractivity contribution is 5.89. The van der Waals surface area contributed by atoms with Crippen molar-refractivity contribution in [1.82, 2.24) is 15.1 Å². The molecule has 2 N–H and O–H groups in total. The van der Waals surface area contributed by atoms with Crippen molar-refractivity contribution in [2.24, 2.45) is 5.92 Å². The molecule has 170 valence electrons. The molecule has 2 atom stereocenters. The fourth-order valence-electron chi connectivity index (χ4n) is 5.05. The van der Waals surface area contributed by atoms with Crippen LogP contribution in [0.4, 0.5) is 14.9 Å². The number of amides is 3. The van der Waals surface area contributed by atoms with Crippen LogP contribution in [0.5, 0.6) is 0 Å². The summed E-state index contributed by atoms with van der Waals surface area (Å²) in [6, 6.07) is 5.53. The van der Waals surface area contributed by atoms with Gasteiger partial charge in [0.2, 0.25) is 5.91 Å². The molecule has 7 nitrogen and oxygen atoms in total. The van der Waals surface area contributed by atoms with Crippen molar-refractivity contribution in [2.45, 2.75) is 50.7 Å². The van der Waals surface area contributed by atoms with Crippen molar-refractivity contribution in [3.63, 3.8) is 0 Å². The van der Waals surface area contributed by atoms with Crippen molar-refractivity contribution < 1.29 is 18.7 Å². The average molecular weight is 433 g/mol. The standard InChI is InChI=1S/C23H33FN4O3/c24-18-7-3-8-19(15-18)26-23(30)28-12-10-27(11-13-28)21(17-5-1-2-6-17)22(29)25-16-20-9-4-14-31-20/h3,7-8,15,17,20-21H,1-2,4-6,9-14,16H2,(H,25,29)(H,26,30). The van der Waals surface area contributed by atoms with Crippen LogP contribution in [0.3, 0.4) is 0 Å². The van der Waals surface area contributed by atoms with Crippen molar-refractivity contribution in [3.05, 3.63) is 30.1 Å². The van der Waals surface area contributed by atoms with E-state index in [-0.39, 0.29) is 29.9 Å². The molecule has 3 fully saturated rings. The quantitative estimate of drug-likeness (QED) is 0.725. The lowest BCUT2D eigenvalue weighted by Crippen LogP contribution is -2.58. The molecule has 1 aromatic rings. The summed E-state index contributed by atoms with van der Waals surface area (Å²) in [5, 5.41) is 5.90. The molecular formula is C23H33FN4O3. The number of halogens is 1. The van der Waals surface area contributed by atoms with E-state index in [1.807, 2.05) is 0 Å². The zero-order chi connectivity index (χ0) is 21.6. The number of piperazine rings is 1. The van der Waals surface area contributed by atoms with Gasteiger partial charge < -0.3 is 20.3 Å². The molecule has 8 heteroatoms. The van der Waals surface area contributed by atoms with Gasteiger partial charge in [-0.3, -0.25) is 9.69 Å². The van der Waals surface area contributed by atoms with Gasteiger partial charge in [-0.05, 0) is 49.8 Å². The first kappa shape index (κ1) is 22.0. The van der Waals surface area contributed by atoms with Crippen LogP contribution in [0.2, 0.25) is 0 Å². The molecule has 0 bridgehead atoms. The summed E-state index contributed by atoms with van der Waals surface area (Å²) in [7, 11) is 0. The van der Waals surface area contributed by atoms with Gasteiger partial charge in [0, 0.05) is 45.0 Å². The summed E-state index contributed by atoms with van der Waals surface area (Å²) in [6.45, 7) is 3.77. The molecule has 2 unspecified atom stereocenters. The number of carbonyl (C=O) groups is 2. The largest absolute Gasteiger partial charge is 0.376 e. The Labute approximate surface area is 183 Å². The number of anilines is 1. The van der Waals surface area contributed by atoms with E-state index < -0.39 is 0 Å². The van der Waals surface area contributed by atoms with Crippen LogP contribution in [0.15, 0.2) is 24.3 Å². The highest BCUT2D eigenvalue weighted by Gasteiger charge is 2.37. The minimum Gasteiger partial charge on any atom is -0.376 e. The second kappa shape index (κ2) is 10.4. The Balaban J connectivity index is 1.32. The second-order valence-electron chi connectivity index (χ2n) is 8.83. The molecule has 2 heterocycles. The van der Waals surface area contributed by atoms with Crippen molar-refractivity contribution in [3.8, 4) is 0 Å². The summed E-state index contributed by atoms with van der Waals surface area (Å²) in [5.41, 5.74) is 0.449. The van der Waals surface area contributed by atoms with Gasteiger partial charge in [0.05, 0.1) is 12.1 Å². The Morgan fingerprint density at radius 1 is 1.10 bits per heavy atom. The van der Waals surface area contributed by atoms with Gasteiger partial charge in [0.15, 0.2) is 0 Å². The van der Waals surface area contributed by atoms with Gasteiger partial charge in [-0.15, -0.1) is 0 Å². The van der Waals surface area contributed by atoms with E-state index in [2.05, 4.69) is 15.5 Å². The maximum absolute atomic E-state index is 13.4. The minimum absolute atomic E-state index is 0.0973. The fourth-order valence-corrected chi connectivity index (χ4v) is 5.05. The van der Waals surface area contributed by atoms with E-state index >= 15 is 0 Å². The first-order chi connectivity index (χ1) is 15.1. The van der Waals surface area contributed by atoms with Gasteiger partial charge in [0.25, 0.3) is 0 Å². The van der Waals surface area contributed by atoms with E-state index in [9.17, 15) is 14.0 Å². The van der Waals surface area contributed by atoms with E-state index in [0.717, 1.165) is 32.3 Å². The predicted octanol–water partition coefficient (Wildman–Crippen LogP) is 2.83.